The first kappa shape index (κ1) is 18.0. The van der Waals surface area contributed by atoms with E-state index in [1.807, 2.05) is 55.5 Å². The SMILES string of the molecule is Cc1cc2nn(-c3cccc4ccccc34)nc2cc1NC(=O)C(Cl)(Cl)Cl. The summed E-state index contributed by atoms with van der Waals surface area (Å²) in [6.45, 7) is 1.84. The highest BCUT2D eigenvalue weighted by molar-refractivity contribution is 6.76. The van der Waals surface area contributed by atoms with Crippen LogP contribution in [0.25, 0.3) is 27.5 Å². The van der Waals surface area contributed by atoms with Gasteiger partial charge in [-0.3, -0.25) is 4.79 Å². The Balaban J connectivity index is 1.80. The Morgan fingerprint density at radius 1 is 1.00 bits per heavy atom. The predicted octanol–water partition coefficient (Wildman–Crippen LogP) is 5.19. The zero-order valence-electron chi connectivity index (χ0n) is 14.1. The standard InChI is InChI=1S/C19H13Cl3N4O/c1-11-9-15-16(10-14(11)23-18(27)19(20,21)22)25-26(24-15)17-8-4-6-12-5-2-3-7-13(12)17/h2-10H,1H3,(H,23,27). The van der Waals surface area contributed by atoms with Crippen LogP contribution in [-0.4, -0.2) is 24.7 Å². The van der Waals surface area contributed by atoms with E-state index in [0.29, 0.717) is 16.7 Å². The Morgan fingerprint density at radius 3 is 2.41 bits per heavy atom. The average molecular weight is 420 g/mol. The van der Waals surface area contributed by atoms with Crippen molar-refractivity contribution in [3.8, 4) is 5.69 Å². The molecular weight excluding hydrogens is 407 g/mol. The summed E-state index contributed by atoms with van der Waals surface area (Å²) < 4.78 is -2.04. The zero-order chi connectivity index (χ0) is 19.2. The fourth-order valence-electron chi connectivity index (χ4n) is 2.89. The van der Waals surface area contributed by atoms with Crippen molar-refractivity contribution in [3.63, 3.8) is 0 Å². The topological polar surface area (TPSA) is 59.8 Å². The smallest absolute Gasteiger partial charge is 0.276 e. The minimum Gasteiger partial charge on any atom is -0.322 e. The number of aromatic nitrogens is 3. The van der Waals surface area contributed by atoms with Crippen LogP contribution in [0.2, 0.25) is 0 Å². The summed E-state index contributed by atoms with van der Waals surface area (Å²) in [5, 5.41) is 13.9. The number of benzene rings is 3. The molecule has 0 radical (unpaired) electrons. The molecule has 8 heteroatoms. The van der Waals surface area contributed by atoms with Gasteiger partial charge in [0, 0.05) is 11.1 Å². The van der Waals surface area contributed by atoms with Crippen LogP contribution in [0.4, 0.5) is 5.69 Å². The number of carbonyl (C=O) groups is 1. The largest absolute Gasteiger partial charge is 0.322 e. The molecule has 0 bridgehead atoms. The molecule has 4 aromatic rings. The summed E-state index contributed by atoms with van der Waals surface area (Å²) in [6.07, 6.45) is 0. The fraction of sp³-hybridized carbons (Fsp3) is 0.105. The highest BCUT2D eigenvalue weighted by Crippen LogP contribution is 2.30. The molecule has 1 N–H and O–H groups in total. The van der Waals surface area contributed by atoms with E-state index in [-0.39, 0.29) is 0 Å². The van der Waals surface area contributed by atoms with Gasteiger partial charge in [-0.05, 0) is 36.1 Å². The summed E-state index contributed by atoms with van der Waals surface area (Å²) in [5.74, 6) is -0.726. The van der Waals surface area contributed by atoms with Crippen molar-refractivity contribution in [2.24, 2.45) is 0 Å². The number of nitrogens with one attached hydrogen (secondary N) is 1. The highest BCUT2D eigenvalue weighted by atomic mass is 35.6. The van der Waals surface area contributed by atoms with Gasteiger partial charge in [0.05, 0.1) is 5.69 Å². The van der Waals surface area contributed by atoms with Gasteiger partial charge in [0.25, 0.3) is 9.70 Å². The van der Waals surface area contributed by atoms with E-state index in [0.717, 1.165) is 22.0 Å². The van der Waals surface area contributed by atoms with Crippen molar-refractivity contribution in [2.45, 2.75) is 10.7 Å². The van der Waals surface area contributed by atoms with Gasteiger partial charge in [-0.2, -0.15) is 0 Å². The molecule has 1 aromatic heterocycles. The molecule has 0 spiro atoms. The van der Waals surface area contributed by atoms with Crippen LogP contribution in [0, 0.1) is 6.92 Å². The fourth-order valence-corrected chi connectivity index (χ4v) is 3.03. The van der Waals surface area contributed by atoms with Crippen LogP contribution in [0.3, 0.4) is 0 Å². The minimum atomic E-state index is -2.04. The minimum absolute atomic E-state index is 0.517. The lowest BCUT2D eigenvalue weighted by molar-refractivity contribution is -0.115. The third-order valence-electron chi connectivity index (χ3n) is 4.21. The van der Waals surface area contributed by atoms with Crippen molar-refractivity contribution < 1.29 is 4.79 Å². The molecule has 0 unspecified atom stereocenters. The van der Waals surface area contributed by atoms with Crippen LogP contribution in [0.15, 0.2) is 54.6 Å². The molecule has 5 nitrogen and oxygen atoms in total. The average Bonchev–Trinajstić information content (AvgIpc) is 3.03. The maximum Gasteiger partial charge on any atom is 0.276 e. The third kappa shape index (κ3) is 3.46. The van der Waals surface area contributed by atoms with Crippen LogP contribution < -0.4 is 5.32 Å². The molecule has 0 aliphatic carbocycles. The number of hydrogen-bond acceptors (Lipinski definition) is 3. The molecule has 0 aliphatic heterocycles. The molecule has 136 valence electrons. The molecular formula is C19H13Cl3N4O. The first-order valence-electron chi connectivity index (χ1n) is 8.07. The van der Waals surface area contributed by atoms with Gasteiger partial charge >= 0.3 is 0 Å². The Kier molecular flexibility index (Phi) is 4.46. The number of rotatable bonds is 2. The molecule has 0 aliphatic rings. The number of halogens is 3. The van der Waals surface area contributed by atoms with Gasteiger partial charge in [-0.15, -0.1) is 15.0 Å². The highest BCUT2D eigenvalue weighted by Gasteiger charge is 2.31. The predicted molar refractivity (Wildman–Crippen MR) is 110 cm³/mol. The van der Waals surface area contributed by atoms with Crippen molar-refractivity contribution in [1.82, 2.24) is 15.0 Å². The van der Waals surface area contributed by atoms with E-state index in [9.17, 15) is 4.79 Å². The van der Waals surface area contributed by atoms with Crippen LogP contribution in [0.1, 0.15) is 5.56 Å². The third-order valence-corrected chi connectivity index (χ3v) is 4.73. The number of alkyl halides is 3. The summed E-state index contributed by atoms with van der Waals surface area (Å²) in [4.78, 5) is 13.5. The maximum atomic E-state index is 11.9. The summed E-state index contributed by atoms with van der Waals surface area (Å²) in [6, 6.07) is 17.5. The van der Waals surface area contributed by atoms with Gasteiger partial charge in [-0.1, -0.05) is 71.2 Å². The Labute approximate surface area is 169 Å². The van der Waals surface area contributed by atoms with Crippen molar-refractivity contribution >= 4 is 68.2 Å². The monoisotopic (exact) mass is 418 g/mol. The molecule has 4 rings (SSSR count). The molecule has 3 aromatic carbocycles. The number of nitrogens with zero attached hydrogens (tertiary/aromatic N) is 3. The van der Waals surface area contributed by atoms with Gasteiger partial charge in [0.2, 0.25) is 0 Å². The van der Waals surface area contributed by atoms with Crippen LogP contribution in [0.5, 0.6) is 0 Å². The van der Waals surface area contributed by atoms with Gasteiger partial charge in [0.1, 0.15) is 11.0 Å². The van der Waals surface area contributed by atoms with E-state index in [1.165, 1.54) is 0 Å². The Bertz CT molecular complexity index is 1180. The van der Waals surface area contributed by atoms with Crippen molar-refractivity contribution in [1.29, 1.82) is 0 Å². The first-order chi connectivity index (χ1) is 12.8. The molecule has 0 saturated heterocycles. The first-order valence-corrected chi connectivity index (χ1v) is 9.20. The Morgan fingerprint density at radius 2 is 1.67 bits per heavy atom. The van der Waals surface area contributed by atoms with E-state index >= 15 is 0 Å². The molecule has 0 atom stereocenters. The summed E-state index contributed by atoms with van der Waals surface area (Å²) >= 11 is 16.9. The molecule has 1 heterocycles. The van der Waals surface area contributed by atoms with Crippen LogP contribution >= 0.6 is 34.8 Å². The summed E-state index contributed by atoms with van der Waals surface area (Å²) in [5.41, 5.74) is 3.49. The van der Waals surface area contributed by atoms with E-state index in [2.05, 4.69) is 15.5 Å². The van der Waals surface area contributed by atoms with E-state index in [1.54, 1.807) is 10.9 Å². The quantitative estimate of drug-likeness (QED) is 0.455. The number of hydrogen-bond donors (Lipinski definition) is 1. The van der Waals surface area contributed by atoms with Gasteiger partial charge < -0.3 is 5.32 Å². The number of carbonyl (C=O) groups excluding carboxylic acids is 1. The van der Waals surface area contributed by atoms with Gasteiger partial charge in [-0.25, -0.2) is 0 Å². The molecule has 0 saturated carbocycles. The Hall–Kier alpha value is -2.34. The second-order valence-corrected chi connectivity index (χ2v) is 8.38. The lowest BCUT2D eigenvalue weighted by atomic mass is 10.1. The molecule has 0 fully saturated rings. The number of fused-ring (bicyclic) bond motifs is 2. The number of amides is 1. The summed E-state index contributed by atoms with van der Waals surface area (Å²) in [7, 11) is 0. The van der Waals surface area contributed by atoms with E-state index < -0.39 is 9.70 Å². The second-order valence-electron chi connectivity index (χ2n) is 6.10. The number of aryl methyl sites for hydroxylation is 1. The van der Waals surface area contributed by atoms with Gasteiger partial charge in [0.15, 0.2) is 0 Å². The lowest BCUT2D eigenvalue weighted by Gasteiger charge is -2.12. The second kappa shape index (κ2) is 6.68. The number of anilines is 1. The van der Waals surface area contributed by atoms with Crippen molar-refractivity contribution in [3.05, 3.63) is 60.2 Å². The van der Waals surface area contributed by atoms with Crippen molar-refractivity contribution in [2.75, 3.05) is 5.32 Å². The normalized spacial score (nSPS) is 11.9. The van der Waals surface area contributed by atoms with E-state index in [4.69, 9.17) is 34.8 Å². The van der Waals surface area contributed by atoms with Crippen LogP contribution in [-0.2, 0) is 4.79 Å². The zero-order valence-corrected chi connectivity index (χ0v) is 16.3. The molecule has 27 heavy (non-hydrogen) atoms. The maximum absolute atomic E-state index is 11.9. The lowest BCUT2D eigenvalue weighted by Crippen LogP contribution is -2.27. The molecule has 1 amide bonds.